The zero-order valence-corrected chi connectivity index (χ0v) is 15.1. The van der Waals surface area contributed by atoms with Gasteiger partial charge in [-0.3, -0.25) is 9.97 Å². The maximum atomic E-state index is 14.2. The van der Waals surface area contributed by atoms with Crippen molar-refractivity contribution in [1.82, 2.24) is 29.5 Å². The average molecular weight is 382 g/mol. The summed E-state index contributed by atoms with van der Waals surface area (Å²) in [6.45, 7) is 1.72. The molecule has 0 aliphatic rings. The molecule has 4 heterocycles. The molecule has 4 aromatic rings. The monoisotopic (exact) mass is 382 g/mol. The van der Waals surface area contributed by atoms with E-state index in [2.05, 4.69) is 30.2 Å². The molecule has 4 aromatic heterocycles. The Labute approximate surface area is 158 Å². The summed E-state index contributed by atoms with van der Waals surface area (Å²) in [5.41, 5.74) is 6.86. The highest BCUT2D eigenvalue weighted by atomic mass is 19.1. The lowest BCUT2D eigenvalue weighted by Gasteiger charge is -2.15. The van der Waals surface area contributed by atoms with E-state index in [0.29, 0.717) is 28.2 Å². The van der Waals surface area contributed by atoms with E-state index < -0.39 is 17.6 Å². The Bertz CT molecular complexity index is 1170. The zero-order chi connectivity index (χ0) is 19.8. The van der Waals surface area contributed by atoms with Crippen molar-refractivity contribution < 1.29 is 8.78 Å². The number of rotatable bonds is 4. The average Bonchev–Trinajstić information content (AvgIpc) is 3.05. The van der Waals surface area contributed by atoms with Gasteiger partial charge >= 0.3 is 0 Å². The van der Waals surface area contributed by atoms with E-state index in [-0.39, 0.29) is 11.6 Å². The number of halogens is 2. The number of pyridine rings is 2. The van der Waals surface area contributed by atoms with Gasteiger partial charge < -0.3 is 15.6 Å². The van der Waals surface area contributed by atoms with Gasteiger partial charge in [0.25, 0.3) is 0 Å². The van der Waals surface area contributed by atoms with Gasteiger partial charge in [0.15, 0.2) is 0 Å². The van der Waals surface area contributed by atoms with Crippen LogP contribution in [0.4, 0.5) is 26.4 Å². The van der Waals surface area contributed by atoms with Crippen LogP contribution in [-0.2, 0) is 7.05 Å². The number of hydrogen-bond donors (Lipinski definition) is 2. The standard InChI is InChI=1S/C18H16F2N8/c1-9(14-12(20)5-10(19)6-23-14)15-16-11(3-4-22-15)17(27-18(21)26-16)25-13-7-28(2)8-24-13/h3-9H,1-2H3,(H3,21,25,26,27)/t9-/m1/s1. The zero-order valence-electron chi connectivity index (χ0n) is 15.1. The minimum absolute atomic E-state index is 0.0277. The number of nitrogens with one attached hydrogen (secondary N) is 1. The third-order valence-electron chi connectivity index (χ3n) is 4.27. The van der Waals surface area contributed by atoms with Crippen molar-refractivity contribution in [1.29, 1.82) is 0 Å². The first-order chi connectivity index (χ1) is 13.4. The van der Waals surface area contributed by atoms with Gasteiger partial charge in [-0.2, -0.15) is 4.98 Å². The first kappa shape index (κ1) is 17.7. The van der Waals surface area contributed by atoms with E-state index >= 15 is 0 Å². The second-order valence-corrected chi connectivity index (χ2v) is 6.31. The lowest BCUT2D eigenvalue weighted by molar-refractivity contribution is 0.551. The number of nitrogens with two attached hydrogens (primary N) is 1. The van der Waals surface area contributed by atoms with E-state index in [4.69, 9.17) is 5.73 Å². The van der Waals surface area contributed by atoms with Gasteiger partial charge in [-0.15, -0.1) is 0 Å². The third kappa shape index (κ3) is 3.20. The van der Waals surface area contributed by atoms with Gasteiger partial charge in [0.1, 0.15) is 28.8 Å². The number of aromatic nitrogens is 6. The van der Waals surface area contributed by atoms with Crippen LogP contribution in [0, 0.1) is 11.6 Å². The Balaban J connectivity index is 1.84. The van der Waals surface area contributed by atoms with Gasteiger partial charge in [-0.05, 0) is 6.07 Å². The quantitative estimate of drug-likeness (QED) is 0.559. The van der Waals surface area contributed by atoms with Crippen LogP contribution in [0.3, 0.4) is 0 Å². The minimum atomic E-state index is -0.750. The second-order valence-electron chi connectivity index (χ2n) is 6.31. The summed E-state index contributed by atoms with van der Waals surface area (Å²) < 4.78 is 29.2. The Kier molecular flexibility index (Phi) is 4.30. The fourth-order valence-electron chi connectivity index (χ4n) is 2.98. The molecule has 10 heteroatoms. The van der Waals surface area contributed by atoms with E-state index in [1.165, 1.54) is 0 Å². The fraction of sp³-hybridized carbons (Fsp3) is 0.167. The summed E-state index contributed by atoms with van der Waals surface area (Å²) >= 11 is 0. The van der Waals surface area contributed by atoms with Gasteiger partial charge in [0, 0.05) is 36.8 Å². The molecular formula is C18H16F2N8. The molecule has 0 unspecified atom stereocenters. The van der Waals surface area contributed by atoms with E-state index in [1.54, 1.807) is 36.3 Å². The number of fused-ring (bicyclic) bond motifs is 1. The van der Waals surface area contributed by atoms with Crippen LogP contribution in [0.1, 0.15) is 24.2 Å². The predicted octanol–water partition coefficient (Wildman–Crippen LogP) is 2.91. The van der Waals surface area contributed by atoms with Crippen molar-refractivity contribution in [2.24, 2.45) is 7.05 Å². The van der Waals surface area contributed by atoms with Gasteiger partial charge in [-0.25, -0.2) is 18.7 Å². The normalized spacial score (nSPS) is 12.3. The van der Waals surface area contributed by atoms with Gasteiger partial charge in [0.2, 0.25) is 5.95 Å². The highest BCUT2D eigenvalue weighted by Crippen LogP contribution is 2.31. The highest BCUT2D eigenvalue weighted by molar-refractivity contribution is 5.92. The minimum Gasteiger partial charge on any atom is -0.368 e. The lowest BCUT2D eigenvalue weighted by atomic mass is 9.99. The van der Waals surface area contributed by atoms with Crippen molar-refractivity contribution in [3.05, 3.63) is 60.1 Å². The highest BCUT2D eigenvalue weighted by Gasteiger charge is 2.21. The number of anilines is 3. The summed E-state index contributed by atoms with van der Waals surface area (Å²) in [6.07, 6.45) is 5.97. The summed E-state index contributed by atoms with van der Waals surface area (Å²) in [5.74, 6) is -1.02. The number of hydrogen-bond acceptors (Lipinski definition) is 7. The molecule has 142 valence electrons. The first-order valence-corrected chi connectivity index (χ1v) is 8.40. The van der Waals surface area contributed by atoms with Crippen LogP contribution in [0.25, 0.3) is 10.9 Å². The van der Waals surface area contributed by atoms with E-state index in [0.717, 1.165) is 12.3 Å². The predicted molar refractivity (Wildman–Crippen MR) is 99.9 cm³/mol. The van der Waals surface area contributed by atoms with Crippen LogP contribution in [-0.4, -0.2) is 29.5 Å². The molecule has 0 aliphatic carbocycles. The molecule has 0 saturated carbocycles. The van der Waals surface area contributed by atoms with Crippen LogP contribution in [0.5, 0.6) is 0 Å². The summed E-state index contributed by atoms with van der Waals surface area (Å²) in [5, 5.41) is 3.74. The maximum absolute atomic E-state index is 14.2. The van der Waals surface area contributed by atoms with Crippen molar-refractivity contribution in [3.63, 3.8) is 0 Å². The molecule has 0 saturated heterocycles. The molecule has 4 rings (SSSR count). The molecule has 0 spiro atoms. The number of nitrogen functional groups attached to an aromatic ring is 1. The number of aryl methyl sites for hydroxylation is 1. The topological polar surface area (TPSA) is 107 Å². The van der Waals surface area contributed by atoms with E-state index in [1.807, 2.05) is 7.05 Å². The lowest BCUT2D eigenvalue weighted by Crippen LogP contribution is -2.09. The number of nitrogens with zero attached hydrogens (tertiary/aromatic N) is 6. The molecule has 0 amide bonds. The van der Waals surface area contributed by atoms with Crippen LogP contribution in [0.15, 0.2) is 37.1 Å². The van der Waals surface area contributed by atoms with Crippen molar-refractivity contribution in [2.45, 2.75) is 12.8 Å². The molecule has 0 aromatic carbocycles. The smallest absolute Gasteiger partial charge is 0.222 e. The molecule has 1 atom stereocenters. The van der Waals surface area contributed by atoms with Gasteiger partial charge in [0.05, 0.1) is 23.9 Å². The molecule has 3 N–H and O–H groups in total. The molecule has 8 nitrogen and oxygen atoms in total. The molecule has 0 bridgehead atoms. The molecule has 0 fully saturated rings. The Morgan fingerprint density at radius 2 is 1.96 bits per heavy atom. The van der Waals surface area contributed by atoms with Gasteiger partial charge in [-0.1, -0.05) is 6.92 Å². The van der Waals surface area contributed by atoms with Crippen LogP contribution in [0.2, 0.25) is 0 Å². The Hall–Kier alpha value is -3.69. The fourth-order valence-corrected chi connectivity index (χ4v) is 2.98. The summed E-state index contributed by atoms with van der Waals surface area (Å²) in [4.78, 5) is 21.0. The molecular weight excluding hydrogens is 366 g/mol. The van der Waals surface area contributed by atoms with Crippen molar-refractivity contribution >= 4 is 28.5 Å². The Morgan fingerprint density at radius 1 is 1.14 bits per heavy atom. The summed E-state index contributed by atoms with van der Waals surface area (Å²) in [6, 6.07) is 2.52. The van der Waals surface area contributed by atoms with Crippen molar-refractivity contribution in [3.8, 4) is 0 Å². The third-order valence-corrected chi connectivity index (χ3v) is 4.27. The molecule has 28 heavy (non-hydrogen) atoms. The SMILES string of the molecule is C[C@H](c1ncc(F)cc1F)c1nccc2c(Nc3cn(C)cn3)nc(N)nc12. The van der Waals surface area contributed by atoms with Crippen LogP contribution >= 0.6 is 0 Å². The largest absolute Gasteiger partial charge is 0.368 e. The van der Waals surface area contributed by atoms with Crippen molar-refractivity contribution in [2.75, 3.05) is 11.1 Å². The molecule has 0 radical (unpaired) electrons. The van der Waals surface area contributed by atoms with Crippen LogP contribution < -0.4 is 11.1 Å². The first-order valence-electron chi connectivity index (χ1n) is 8.40. The maximum Gasteiger partial charge on any atom is 0.222 e. The summed E-state index contributed by atoms with van der Waals surface area (Å²) in [7, 11) is 1.85. The van der Waals surface area contributed by atoms with E-state index in [9.17, 15) is 8.78 Å². The Morgan fingerprint density at radius 3 is 2.68 bits per heavy atom. The molecule has 0 aliphatic heterocycles. The number of imidazole rings is 1. The second kappa shape index (κ2) is 6.80.